The zero-order chi connectivity index (χ0) is 24.9. The van der Waals surface area contributed by atoms with E-state index in [1.165, 1.54) is 12.1 Å². The molecule has 9 heteroatoms. The summed E-state index contributed by atoms with van der Waals surface area (Å²) in [4.78, 5) is 16.3. The number of carbonyl (C=O) groups excluding carboxylic acids is 1. The molecule has 0 aromatic heterocycles. The van der Waals surface area contributed by atoms with Crippen LogP contribution in [0.15, 0.2) is 42.5 Å². The van der Waals surface area contributed by atoms with Crippen molar-refractivity contribution in [2.45, 2.75) is 32.5 Å². The number of nitrogens with two attached hydrogens (primary N) is 1. The quantitative estimate of drug-likeness (QED) is 0.605. The number of amides is 1. The van der Waals surface area contributed by atoms with Crippen LogP contribution in [0, 0.1) is 5.92 Å². The van der Waals surface area contributed by atoms with Crippen LogP contribution in [0.3, 0.4) is 0 Å². The molecular weight excluding hydrogens is 447 g/mol. The predicted octanol–water partition coefficient (Wildman–Crippen LogP) is 4.49. The van der Waals surface area contributed by atoms with Crippen molar-refractivity contribution >= 4 is 11.6 Å². The summed E-state index contributed by atoms with van der Waals surface area (Å²) in [7, 11) is 1.57. The summed E-state index contributed by atoms with van der Waals surface area (Å²) in [5.74, 6) is 1.38. The Labute approximate surface area is 198 Å². The van der Waals surface area contributed by atoms with Crippen molar-refractivity contribution < 1.29 is 27.4 Å². The number of hydrogen-bond acceptors (Lipinski definition) is 5. The van der Waals surface area contributed by atoms with Crippen LogP contribution < -0.4 is 20.1 Å². The number of alkyl halides is 3. The van der Waals surface area contributed by atoms with E-state index in [4.69, 9.17) is 15.2 Å². The summed E-state index contributed by atoms with van der Waals surface area (Å²) < 4.78 is 50.7. The van der Waals surface area contributed by atoms with Crippen molar-refractivity contribution in [3.63, 3.8) is 0 Å². The number of hydrogen-bond donors (Lipinski definition) is 1. The molecule has 0 bridgehead atoms. The normalized spacial score (nSPS) is 15.4. The van der Waals surface area contributed by atoms with Gasteiger partial charge in [0.1, 0.15) is 11.5 Å². The summed E-state index contributed by atoms with van der Waals surface area (Å²) in [6, 6.07) is 10.2. The van der Waals surface area contributed by atoms with Gasteiger partial charge in [-0.1, -0.05) is 13.8 Å². The van der Waals surface area contributed by atoms with E-state index in [0.29, 0.717) is 55.3 Å². The zero-order valence-electron chi connectivity index (χ0n) is 19.8. The molecule has 0 aliphatic carbocycles. The average molecular weight is 480 g/mol. The zero-order valence-corrected chi connectivity index (χ0v) is 19.8. The molecule has 34 heavy (non-hydrogen) atoms. The van der Waals surface area contributed by atoms with E-state index >= 15 is 0 Å². The van der Waals surface area contributed by atoms with Gasteiger partial charge in [0, 0.05) is 37.9 Å². The summed E-state index contributed by atoms with van der Waals surface area (Å²) in [5, 5.41) is 0. The molecular formula is C25H32F3N3O3. The van der Waals surface area contributed by atoms with E-state index in [1.807, 2.05) is 18.7 Å². The lowest BCUT2D eigenvalue weighted by atomic mass is 9.94. The highest BCUT2D eigenvalue weighted by atomic mass is 19.4. The second-order valence-electron chi connectivity index (χ2n) is 8.84. The summed E-state index contributed by atoms with van der Waals surface area (Å²) in [6.45, 7) is 5.80. The van der Waals surface area contributed by atoms with Crippen LogP contribution in [0.25, 0.3) is 0 Å². The Hall–Kier alpha value is -2.94. The minimum Gasteiger partial charge on any atom is -0.497 e. The second-order valence-corrected chi connectivity index (χ2v) is 8.84. The summed E-state index contributed by atoms with van der Waals surface area (Å²) in [6.07, 6.45) is -3.85. The van der Waals surface area contributed by atoms with Gasteiger partial charge in [-0.15, -0.1) is 0 Å². The van der Waals surface area contributed by atoms with Crippen LogP contribution in [0.1, 0.15) is 37.4 Å². The van der Waals surface area contributed by atoms with Gasteiger partial charge in [-0.25, -0.2) is 0 Å². The first-order chi connectivity index (χ1) is 16.1. The van der Waals surface area contributed by atoms with Crippen LogP contribution in [0.2, 0.25) is 0 Å². The number of nitrogens with zero attached hydrogens (tertiary/aromatic N) is 2. The van der Waals surface area contributed by atoms with Crippen molar-refractivity contribution in [3.8, 4) is 11.5 Å². The predicted molar refractivity (Wildman–Crippen MR) is 125 cm³/mol. The molecule has 2 aromatic carbocycles. The third-order valence-electron chi connectivity index (χ3n) is 5.87. The van der Waals surface area contributed by atoms with Gasteiger partial charge >= 0.3 is 6.18 Å². The number of halogens is 3. The van der Waals surface area contributed by atoms with Gasteiger partial charge in [-0.3, -0.25) is 4.79 Å². The fourth-order valence-electron chi connectivity index (χ4n) is 4.06. The van der Waals surface area contributed by atoms with Crippen LogP contribution in [0.5, 0.6) is 11.5 Å². The first-order valence-corrected chi connectivity index (χ1v) is 11.3. The van der Waals surface area contributed by atoms with Gasteiger partial charge in [0.15, 0.2) is 6.61 Å². The molecule has 1 atom stereocenters. The number of ether oxygens (including phenoxy) is 2. The second kappa shape index (κ2) is 11.0. The Kier molecular flexibility index (Phi) is 8.30. The standard InChI is InChI=1S/C25H32F3N3O3/c1-17(2)14-22(29)21-15-18(25(26,27)28)4-9-23(21)30-10-12-31(13-11-30)24(32)16-34-20-7-5-19(33-3)6-8-20/h4-9,15,17,22H,10-14,16,29H2,1-3H3/t22-/m0/s1. The molecule has 3 rings (SSSR count). The van der Waals surface area contributed by atoms with Crippen molar-refractivity contribution in [2.75, 3.05) is 44.8 Å². The minimum atomic E-state index is -4.43. The third kappa shape index (κ3) is 6.56. The van der Waals surface area contributed by atoms with Crippen molar-refractivity contribution in [2.24, 2.45) is 11.7 Å². The molecule has 2 aromatic rings. The lowest BCUT2D eigenvalue weighted by Gasteiger charge is -2.37. The van der Waals surface area contributed by atoms with E-state index in [1.54, 1.807) is 36.3 Å². The minimum absolute atomic E-state index is 0.0862. The molecule has 186 valence electrons. The molecule has 1 amide bonds. The molecule has 1 aliphatic heterocycles. The van der Waals surface area contributed by atoms with Crippen LogP contribution in [-0.2, 0) is 11.0 Å². The van der Waals surface area contributed by atoms with Gasteiger partial charge < -0.3 is 25.0 Å². The van der Waals surface area contributed by atoms with Crippen molar-refractivity contribution in [3.05, 3.63) is 53.6 Å². The fourth-order valence-corrected chi connectivity index (χ4v) is 4.06. The first-order valence-electron chi connectivity index (χ1n) is 11.3. The van der Waals surface area contributed by atoms with Gasteiger partial charge in [0.05, 0.1) is 12.7 Å². The van der Waals surface area contributed by atoms with E-state index in [-0.39, 0.29) is 18.4 Å². The molecule has 1 saturated heterocycles. The summed E-state index contributed by atoms with van der Waals surface area (Å²) in [5.41, 5.74) is 6.81. The molecule has 0 unspecified atom stereocenters. The van der Waals surface area contributed by atoms with Gasteiger partial charge in [0.25, 0.3) is 5.91 Å². The Bertz CT molecular complexity index is 956. The van der Waals surface area contributed by atoms with E-state index in [0.717, 1.165) is 6.07 Å². The first kappa shape index (κ1) is 25.7. The maximum atomic E-state index is 13.3. The Morgan fingerprint density at radius 1 is 1.03 bits per heavy atom. The molecule has 1 heterocycles. The number of carbonyl (C=O) groups is 1. The van der Waals surface area contributed by atoms with Gasteiger partial charge in [-0.2, -0.15) is 13.2 Å². The molecule has 6 nitrogen and oxygen atoms in total. The number of piperazine rings is 1. The molecule has 2 N–H and O–H groups in total. The van der Waals surface area contributed by atoms with Crippen molar-refractivity contribution in [1.29, 1.82) is 0 Å². The fraction of sp³-hybridized carbons (Fsp3) is 0.480. The smallest absolute Gasteiger partial charge is 0.416 e. The van der Waals surface area contributed by atoms with E-state index < -0.39 is 17.8 Å². The third-order valence-corrected chi connectivity index (χ3v) is 5.87. The van der Waals surface area contributed by atoms with E-state index in [9.17, 15) is 18.0 Å². The molecule has 0 spiro atoms. The Morgan fingerprint density at radius 3 is 2.21 bits per heavy atom. The number of anilines is 1. The largest absolute Gasteiger partial charge is 0.497 e. The van der Waals surface area contributed by atoms with Gasteiger partial charge in [0.2, 0.25) is 0 Å². The number of methoxy groups -OCH3 is 1. The lowest BCUT2D eigenvalue weighted by Crippen LogP contribution is -2.50. The Balaban J connectivity index is 1.64. The lowest BCUT2D eigenvalue weighted by molar-refractivity contribution is -0.137. The van der Waals surface area contributed by atoms with Crippen LogP contribution in [-0.4, -0.2) is 50.7 Å². The van der Waals surface area contributed by atoms with Crippen molar-refractivity contribution in [1.82, 2.24) is 4.90 Å². The molecule has 0 radical (unpaired) electrons. The van der Waals surface area contributed by atoms with Crippen LogP contribution >= 0.6 is 0 Å². The SMILES string of the molecule is COc1ccc(OCC(=O)N2CCN(c3ccc(C(F)(F)F)cc3[C@@H](N)CC(C)C)CC2)cc1. The monoisotopic (exact) mass is 479 g/mol. The van der Waals surface area contributed by atoms with Crippen LogP contribution in [0.4, 0.5) is 18.9 Å². The van der Waals surface area contributed by atoms with E-state index in [2.05, 4.69) is 0 Å². The molecule has 1 fully saturated rings. The summed E-state index contributed by atoms with van der Waals surface area (Å²) >= 11 is 0. The number of benzene rings is 2. The topological polar surface area (TPSA) is 68.0 Å². The maximum absolute atomic E-state index is 13.3. The highest BCUT2D eigenvalue weighted by molar-refractivity contribution is 5.78. The van der Waals surface area contributed by atoms with Gasteiger partial charge in [-0.05, 0) is 60.4 Å². The highest BCUT2D eigenvalue weighted by Crippen LogP contribution is 2.36. The number of rotatable bonds is 8. The molecule has 1 aliphatic rings. The highest BCUT2D eigenvalue weighted by Gasteiger charge is 2.33. The Morgan fingerprint density at radius 2 is 1.65 bits per heavy atom. The molecule has 0 saturated carbocycles. The maximum Gasteiger partial charge on any atom is 0.416 e. The average Bonchev–Trinajstić information content (AvgIpc) is 2.81.